The monoisotopic (exact) mass is 330 g/mol. The van der Waals surface area contributed by atoms with Gasteiger partial charge < -0.3 is 5.32 Å². The SMILES string of the molecule is CC1NC(=O)C(C)N(c2cc(Cl)ccc2Br)C1=O. The van der Waals surface area contributed by atoms with E-state index in [1.165, 1.54) is 4.90 Å². The lowest BCUT2D eigenvalue weighted by Crippen LogP contribution is -2.61. The Bertz CT molecular complexity index is 521. The Kier molecular flexibility index (Phi) is 3.64. The molecule has 2 amide bonds. The average Bonchev–Trinajstić information content (AvgIpc) is 2.31. The van der Waals surface area contributed by atoms with Gasteiger partial charge in [-0.25, -0.2) is 0 Å². The topological polar surface area (TPSA) is 49.4 Å². The minimum absolute atomic E-state index is 0.148. The average molecular weight is 332 g/mol. The van der Waals surface area contributed by atoms with Crippen LogP contribution in [0.3, 0.4) is 0 Å². The van der Waals surface area contributed by atoms with Crippen LogP contribution in [-0.4, -0.2) is 23.9 Å². The van der Waals surface area contributed by atoms with Crippen LogP contribution in [0, 0.1) is 0 Å². The minimum Gasteiger partial charge on any atom is -0.343 e. The van der Waals surface area contributed by atoms with Crippen LogP contribution in [0.15, 0.2) is 22.7 Å². The van der Waals surface area contributed by atoms with Crippen LogP contribution in [-0.2, 0) is 9.59 Å². The van der Waals surface area contributed by atoms with E-state index >= 15 is 0 Å². The number of hydrogen-bond donors (Lipinski definition) is 1. The first-order valence-electron chi connectivity index (χ1n) is 5.50. The highest BCUT2D eigenvalue weighted by Gasteiger charge is 2.37. The van der Waals surface area contributed by atoms with E-state index in [0.29, 0.717) is 10.7 Å². The maximum Gasteiger partial charge on any atom is 0.250 e. The standard InChI is InChI=1S/C12H12BrClN2O2/c1-6-12(18)16(7(2)11(17)15-6)10-5-8(14)3-4-9(10)13/h3-7H,1-2H3,(H,15,17). The molecule has 1 aliphatic rings. The lowest BCUT2D eigenvalue weighted by molar-refractivity contribution is -0.133. The molecule has 0 bridgehead atoms. The summed E-state index contributed by atoms with van der Waals surface area (Å²) in [5.41, 5.74) is 0.613. The molecule has 0 spiro atoms. The highest BCUT2D eigenvalue weighted by Crippen LogP contribution is 2.32. The zero-order chi connectivity index (χ0) is 13.4. The molecule has 18 heavy (non-hydrogen) atoms. The molecule has 0 aromatic heterocycles. The van der Waals surface area contributed by atoms with Gasteiger partial charge in [-0.15, -0.1) is 0 Å². The van der Waals surface area contributed by atoms with E-state index in [2.05, 4.69) is 21.2 Å². The van der Waals surface area contributed by atoms with E-state index in [1.807, 2.05) is 0 Å². The Balaban J connectivity index is 2.49. The van der Waals surface area contributed by atoms with Crippen LogP contribution in [0.4, 0.5) is 5.69 Å². The van der Waals surface area contributed by atoms with Gasteiger partial charge in [-0.1, -0.05) is 11.6 Å². The van der Waals surface area contributed by atoms with Gasteiger partial charge >= 0.3 is 0 Å². The predicted octanol–water partition coefficient (Wildman–Crippen LogP) is 2.34. The molecule has 1 N–H and O–H groups in total. The van der Waals surface area contributed by atoms with Crippen molar-refractivity contribution in [1.29, 1.82) is 0 Å². The van der Waals surface area contributed by atoms with Crippen molar-refractivity contribution in [2.24, 2.45) is 0 Å². The first-order valence-corrected chi connectivity index (χ1v) is 6.67. The first-order chi connectivity index (χ1) is 8.41. The molecule has 0 saturated carbocycles. The molecule has 1 fully saturated rings. The van der Waals surface area contributed by atoms with Crippen LogP contribution in [0.2, 0.25) is 5.02 Å². The quantitative estimate of drug-likeness (QED) is 0.859. The lowest BCUT2D eigenvalue weighted by Gasteiger charge is -2.36. The summed E-state index contributed by atoms with van der Waals surface area (Å²) < 4.78 is 0.731. The fourth-order valence-corrected chi connectivity index (χ4v) is 2.51. The number of benzene rings is 1. The zero-order valence-electron chi connectivity index (χ0n) is 9.91. The van der Waals surface area contributed by atoms with Crippen molar-refractivity contribution in [2.75, 3.05) is 4.90 Å². The van der Waals surface area contributed by atoms with E-state index in [4.69, 9.17) is 11.6 Å². The summed E-state index contributed by atoms with van der Waals surface area (Å²) >= 11 is 9.32. The number of nitrogens with zero attached hydrogens (tertiary/aromatic N) is 1. The fraction of sp³-hybridized carbons (Fsp3) is 0.333. The van der Waals surface area contributed by atoms with Crippen molar-refractivity contribution in [2.45, 2.75) is 25.9 Å². The summed E-state index contributed by atoms with van der Waals surface area (Å²) in [4.78, 5) is 25.4. The molecule has 96 valence electrons. The number of anilines is 1. The van der Waals surface area contributed by atoms with Crippen molar-refractivity contribution >= 4 is 45.0 Å². The molecule has 1 aromatic rings. The molecule has 1 saturated heterocycles. The van der Waals surface area contributed by atoms with Crippen LogP contribution < -0.4 is 10.2 Å². The van der Waals surface area contributed by atoms with Gasteiger partial charge in [0.15, 0.2) is 0 Å². The molecular weight excluding hydrogens is 320 g/mol. The number of halogens is 2. The molecular formula is C12H12BrClN2O2. The number of amides is 2. The van der Waals surface area contributed by atoms with Crippen LogP contribution in [0.5, 0.6) is 0 Å². The molecule has 1 aliphatic heterocycles. The third-order valence-electron chi connectivity index (χ3n) is 2.90. The molecule has 0 radical (unpaired) electrons. The highest BCUT2D eigenvalue weighted by atomic mass is 79.9. The Labute approximate surface area is 118 Å². The van der Waals surface area contributed by atoms with Crippen molar-refractivity contribution in [3.05, 3.63) is 27.7 Å². The normalized spacial score (nSPS) is 24.1. The van der Waals surface area contributed by atoms with Gasteiger partial charge in [-0.2, -0.15) is 0 Å². The van der Waals surface area contributed by atoms with E-state index in [1.54, 1.807) is 32.0 Å². The van der Waals surface area contributed by atoms with Crippen molar-refractivity contribution in [3.63, 3.8) is 0 Å². The predicted molar refractivity (Wildman–Crippen MR) is 73.7 cm³/mol. The van der Waals surface area contributed by atoms with E-state index in [-0.39, 0.29) is 11.8 Å². The summed E-state index contributed by atoms with van der Waals surface area (Å²) in [6.45, 7) is 3.35. The van der Waals surface area contributed by atoms with Gasteiger partial charge in [0.05, 0.1) is 5.69 Å². The summed E-state index contributed by atoms with van der Waals surface area (Å²) in [5.74, 6) is -0.320. The Morgan fingerprint density at radius 2 is 2.00 bits per heavy atom. The van der Waals surface area contributed by atoms with Crippen molar-refractivity contribution < 1.29 is 9.59 Å². The van der Waals surface area contributed by atoms with Gasteiger partial charge in [0.1, 0.15) is 12.1 Å². The molecule has 0 aliphatic carbocycles. The number of nitrogens with one attached hydrogen (secondary N) is 1. The third kappa shape index (κ3) is 2.24. The van der Waals surface area contributed by atoms with Crippen LogP contribution >= 0.6 is 27.5 Å². The molecule has 2 rings (SSSR count). The van der Waals surface area contributed by atoms with E-state index in [0.717, 1.165) is 4.47 Å². The second-order valence-corrected chi connectivity index (χ2v) is 5.50. The summed E-state index contributed by atoms with van der Waals surface area (Å²) in [6.07, 6.45) is 0. The van der Waals surface area contributed by atoms with Crippen molar-refractivity contribution in [1.82, 2.24) is 5.32 Å². The van der Waals surface area contributed by atoms with Gasteiger partial charge in [0.2, 0.25) is 11.8 Å². The van der Waals surface area contributed by atoms with Gasteiger partial charge in [0.25, 0.3) is 0 Å². The minimum atomic E-state index is -0.552. The largest absolute Gasteiger partial charge is 0.343 e. The number of carbonyl (C=O) groups excluding carboxylic acids is 2. The zero-order valence-corrected chi connectivity index (χ0v) is 12.2. The molecule has 2 unspecified atom stereocenters. The molecule has 4 nitrogen and oxygen atoms in total. The molecule has 1 heterocycles. The molecule has 2 atom stereocenters. The van der Waals surface area contributed by atoms with E-state index < -0.39 is 12.1 Å². The smallest absolute Gasteiger partial charge is 0.250 e. The number of hydrogen-bond acceptors (Lipinski definition) is 2. The van der Waals surface area contributed by atoms with Crippen molar-refractivity contribution in [3.8, 4) is 0 Å². The van der Waals surface area contributed by atoms with Crippen LogP contribution in [0.25, 0.3) is 0 Å². The number of carbonyl (C=O) groups is 2. The van der Waals surface area contributed by atoms with Crippen LogP contribution in [0.1, 0.15) is 13.8 Å². The van der Waals surface area contributed by atoms with Gasteiger partial charge in [0, 0.05) is 9.50 Å². The first kappa shape index (κ1) is 13.4. The summed E-state index contributed by atoms with van der Waals surface area (Å²) in [5, 5.41) is 3.15. The highest BCUT2D eigenvalue weighted by molar-refractivity contribution is 9.10. The number of piperazine rings is 1. The summed E-state index contributed by atoms with van der Waals surface area (Å²) in [7, 11) is 0. The fourth-order valence-electron chi connectivity index (χ4n) is 1.91. The Hall–Kier alpha value is -1.07. The Morgan fingerprint density at radius 3 is 2.67 bits per heavy atom. The van der Waals surface area contributed by atoms with Gasteiger partial charge in [-0.3, -0.25) is 14.5 Å². The van der Waals surface area contributed by atoms with Gasteiger partial charge in [-0.05, 0) is 48.0 Å². The molecule has 6 heteroatoms. The lowest BCUT2D eigenvalue weighted by atomic mass is 10.1. The maximum atomic E-state index is 12.2. The second kappa shape index (κ2) is 4.90. The second-order valence-electron chi connectivity index (χ2n) is 4.21. The van der Waals surface area contributed by atoms with E-state index in [9.17, 15) is 9.59 Å². The number of rotatable bonds is 1. The molecule has 1 aromatic carbocycles. The summed E-state index contributed by atoms with van der Waals surface area (Å²) in [6, 6.07) is 4.07. The Morgan fingerprint density at radius 1 is 1.33 bits per heavy atom. The maximum absolute atomic E-state index is 12.2. The third-order valence-corrected chi connectivity index (χ3v) is 3.81.